The summed E-state index contributed by atoms with van der Waals surface area (Å²) in [5, 5.41) is 5.14. The van der Waals surface area contributed by atoms with Gasteiger partial charge in [0, 0.05) is 23.9 Å². The van der Waals surface area contributed by atoms with E-state index in [1.165, 1.54) is 56.9 Å². The molecule has 1 spiro atoms. The van der Waals surface area contributed by atoms with E-state index in [1.54, 1.807) is 0 Å². The second-order valence-electron chi connectivity index (χ2n) is 10.5. The first-order chi connectivity index (χ1) is 15.0. The van der Waals surface area contributed by atoms with Crippen molar-refractivity contribution < 1.29 is 4.79 Å². The van der Waals surface area contributed by atoms with Crippen LogP contribution in [0.5, 0.6) is 0 Å². The molecule has 2 heterocycles. The molecule has 0 unspecified atom stereocenters. The van der Waals surface area contributed by atoms with Gasteiger partial charge in [0.05, 0.1) is 5.54 Å². The van der Waals surface area contributed by atoms with Crippen molar-refractivity contribution in [3.63, 3.8) is 0 Å². The highest BCUT2D eigenvalue weighted by Crippen LogP contribution is 2.53. The van der Waals surface area contributed by atoms with E-state index in [0.29, 0.717) is 18.3 Å². The highest BCUT2D eigenvalue weighted by atomic mass is 16.2. The standard InChI is InChI=1S/C26H36N4O/c1-18(2)17-23(31)29-22-10-6-5-9-21(22)26(15-7-4-8-16-26)30-25(29)27-24(28-30)20-13-11-19(3)12-14-20/h11-14,18,21-22H,4-10,15-17H2,1-3H3/t21-,22+/m1/s1. The van der Waals surface area contributed by atoms with Crippen LogP contribution in [-0.2, 0) is 10.3 Å². The van der Waals surface area contributed by atoms with Gasteiger partial charge in [-0.1, -0.05) is 75.8 Å². The van der Waals surface area contributed by atoms with E-state index in [-0.39, 0.29) is 17.5 Å². The van der Waals surface area contributed by atoms with Gasteiger partial charge in [0.25, 0.3) is 0 Å². The van der Waals surface area contributed by atoms with Crippen molar-refractivity contribution in [2.75, 3.05) is 4.90 Å². The van der Waals surface area contributed by atoms with E-state index in [0.717, 1.165) is 23.8 Å². The molecule has 2 aromatic rings. The Kier molecular flexibility index (Phi) is 5.39. The van der Waals surface area contributed by atoms with Crippen molar-refractivity contribution in [3.05, 3.63) is 29.8 Å². The van der Waals surface area contributed by atoms with Crippen molar-refractivity contribution >= 4 is 11.9 Å². The largest absolute Gasteiger partial charge is 0.277 e. The Morgan fingerprint density at radius 2 is 1.77 bits per heavy atom. The fourth-order valence-electron chi connectivity index (χ4n) is 6.43. The van der Waals surface area contributed by atoms with E-state index < -0.39 is 0 Å². The zero-order chi connectivity index (χ0) is 21.6. The first-order valence-electron chi connectivity index (χ1n) is 12.4. The monoisotopic (exact) mass is 420 g/mol. The summed E-state index contributed by atoms with van der Waals surface area (Å²) in [5.41, 5.74) is 2.30. The lowest BCUT2D eigenvalue weighted by Gasteiger charge is -2.55. The molecule has 0 N–H and O–H groups in total. The number of aryl methyl sites for hydroxylation is 1. The Hall–Kier alpha value is -2.17. The van der Waals surface area contributed by atoms with E-state index >= 15 is 0 Å². The fraction of sp³-hybridized carbons (Fsp3) is 0.654. The topological polar surface area (TPSA) is 51.0 Å². The van der Waals surface area contributed by atoms with Gasteiger partial charge in [-0.3, -0.25) is 9.69 Å². The zero-order valence-corrected chi connectivity index (χ0v) is 19.3. The Morgan fingerprint density at radius 3 is 2.48 bits per heavy atom. The summed E-state index contributed by atoms with van der Waals surface area (Å²) in [6.45, 7) is 6.36. The van der Waals surface area contributed by atoms with Crippen LogP contribution < -0.4 is 4.90 Å². The van der Waals surface area contributed by atoms with Gasteiger partial charge in [-0.25, -0.2) is 4.68 Å². The quantitative estimate of drug-likeness (QED) is 0.624. The zero-order valence-electron chi connectivity index (χ0n) is 19.3. The summed E-state index contributed by atoms with van der Waals surface area (Å²) in [6, 6.07) is 8.73. The molecule has 5 rings (SSSR count). The van der Waals surface area contributed by atoms with Crippen molar-refractivity contribution in [2.45, 2.75) is 96.6 Å². The molecular weight excluding hydrogens is 384 g/mol. The number of amides is 1. The maximum Gasteiger partial charge on any atom is 0.231 e. The van der Waals surface area contributed by atoms with Crippen LogP contribution in [0.3, 0.4) is 0 Å². The number of carbonyl (C=O) groups excluding carboxylic acids is 1. The Labute approximate surface area is 186 Å². The van der Waals surface area contributed by atoms with Crippen LogP contribution in [0.25, 0.3) is 11.4 Å². The molecule has 0 saturated heterocycles. The van der Waals surface area contributed by atoms with E-state index in [4.69, 9.17) is 10.1 Å². The van der Waals surface area contributed by atoms with Crippen LogP contribution in [0.4, 0.5) is 5.95 Å². The number of anilines is 1. The smallest absolute Gasteiger partial charge is 0.231 e. The molecule has 2 atom stereocenters. The van der Waals surface area contributed by atoms with Gasteiger partial charge in [-0.05, 0) is 38.5 Å². The number of hydrogen-bond donors (Lipinski definition) is 0. The van der Waals surface area contributed by atoms with Crippen LogP contribution >= 0.6 is 0 Å². The van der Waals surface area contributed by atoms with E-state index in [2.05, 4.69) is 54.6 Å². The molecule has 1 aromatic heterocycles. The van der Waals surface area contributed by atoms with Crippen LogP contribution in [0.2, 0.25) is 0 Å². The molecule has 2 fully saturated rings. The van der Waals surface area contributed by atoms with Crippen molar-refractivity contribution in [2.24, 2.45) is 11.8 Å². The molecular formula is C26H36N4O. The SMILES string of the molecule is Cc1ccc(-c2nc3n(n2)C2(CCCCC2)[C@@H]2CCCC[C@@H]2N3C(=O)CC(C)C)cc1. The lowest BCUT2D eigenvalue weighted by atomic mass is 9.64. The fourth-order valence-corrected chi connectivity index (χ4v) is 6.43. The van der Waals surface area contributed by atoms with Gasteiger partial charge < -0.3 is 0 Å². The Balaban J connectivity index is 1.67. The lowest BCUT2D eigenvalue weighted by Crippen LogP contribution is -2.61. The minimum Gasteiger partial charge on any atom is -0.277 e. The third-order valence-electron chi connectivity index (χ3n) is 7.86. The third-order valence-corrected chi connectivity index (χ3v) is 7.86. The third kappa shape index (κ3) is 3.50. The average molecular weight is 421 g/mol. The minimum absolute atomic E-state index is 0.0310. The molecule has 166 valence electrons. The van der Waals surface area contributed by atoms with Gasteiger partial charge in [0.1, 0.15) is 0 Å². The summed E-state index contributed by atoms with van der Waals surface area (Å²) in [4.78, 5) is 20.7. The minimum atomic E-state index is 0.0310. The maximum atomic E-state index is 13.5. The van der Waals surface area contributed by atoms with Crippen molar-refractivity contribution in [1.29, 1.82) is 0 Å². The molecule has 1 amide bonds. The van der Waals surface area contributed by atoms with Crippen molar-refractivity contribution in [3.8, 4) is 11.4 Å². The number of carbonyl (C=O) groups is 1. The van der Waals surface area contributed by atoms with Gasteiger partial charge in [0.15, 0.2) is 5.82 Å². The molecule has 3 aliphatic rings. The molecule has 2 aliphatic carbocycles. The summed E-state index contributed by atoms with van der Waals surface area (Å²) in [5.74, 6) is 2.64. The summed E-state index contributed by atoms with van der Waals surface area (Å²) >= 11 is 0. The number of aromatic nitrogens is 3. The van der Waals surface area contributed by atoms with Crippen LogP contribution in [-0.4, -0.2) is 26.7 Å². The van der Waals surface area contributed by atoms with Gasteiger partial charge >= 0.3 is 0 Å². The van der Waals surface area contributed by atoms with Crippen LogP contribution in [0.15, 0.2) is 24.3 Å². The lowest BCUT2D eigenvalue weighted by molar-refractivity contribution is -0.121. The first kappa shape index (κ1) is 20.7. The van der Waals surface area contributed by atoms with Crippen LogP contribution in [0.1, 0.15) is 83.6 Å². The Morgan fingerprint density at radius 1 is 1.06 bits per heavy atom. The first-order valence-corrected chi connectivity index (χ1v) is 12.4. The predicted octanol–water partition coefficient (Wildman–Crippen LogP) is 5.86. The second-order valence-corrected chi connectivity index (χ2v) is 10.5. The summed E-state index contributed by atoms with van der Waals surface area (Å²) in [7, 11) is 0. The normalized spacial score (nSPS) is 24.8. The van der Waals surface area contributed by atoms with Crippen LogP contribution in [0, 0.1) is 18.8 Å². The molecule has 5 heteroatoms. The van der Waals surface area contributed by atoms with Gasteiger partial charge in [-0.2, -0.15) is 4.98 Å². The molecule has 0 radical (unpaired) electrons. The maximum absolute atomic E-state index is 13.5. The molecule has 5 nitrogen and oxygen atoms in total. The van der Waals surface area contributed by atoms with Gasteiger partial charge in [-0.15, -0.1) is 5.10 Å². The molecule has 1 aliphatic heterocycles. The van der Waals surface area contributed by atoms with Crippen molar-refractivity contribution in [1.82, 2.24) is 14.8 Å². The number of fused-ring (bicyclic) bond motifs is 4. The predicted molar refractivity (Wildman–Crippen MR) is 124 cm³/mol. The van der Waals surface area contributed by atoms with Gasteiger partial charge in [0.2, 0.25) is 11.9 Å². The summed E-state index contributed by atoms with van der Waals surface area (Å²) in [6.07, 6.45) is 11.5. The Bertz CT molecular complexity index is 939. The highest BCUT2D eigenvalue weighted by Gasteiger charge is 2.55. The number of nitrogens with zero attached hydrogens (tertiary/aromatic N) is 4. The molecule has 0 bridgehead atoms. The highest BCUT2D eigenvalue weighted by molar-refractivity contribution is 5.93. The second kappa shape index (κ2) is 8.07. The number of rotatable bonds is 3. The molecule has 2 saturated carbocycles. The summed E-state index contributed by atoms with van der Waals surface area (Å²) < 4.78 is 2.23. The molecule has 1 aromatic carbocycles. The number of benzene rings is 1. The average Bonchev–Trinajstić information content (AvgIpc) is 3.20. The molecule has 31 heavy (non-hydrogen) atoms. The van der Waals surface area contributed by atoms with E-state index in [1.807, 2.05) is 0 Å². The number of hydrogen-bond acceptors (Lipinski definition) is 3. The van der Waals surface area contributed by atoms with E-state index in [9.17, 15) is 4.79 Å².